The number of halogens is 6. The van der Waals surface area contributed by atoms with Crippen LogP contribution in [0.5, 0.6) is 0 Å². The first-order valence-corrected chi connectivity index (χ1v) is 4.32. The second-order valence-electron chi connectivity index (χ2n) is 2.76. The zero-order valence-electron chi connectivity index (χ0n) is 8.78. The number of nitrogens with one attached hydrogen (secondary N) is 1. The van der Waals surface area contributed by atoms with Crippen molar-refractivity contribution < 1.29 is 40.7 Å². The van der Waals surface area contributed by atoms with Crippen LogP contribution in [0.1, 0.15) is 6.92 Å². The lowest BCUT2D eigenvalue weighted by Crippen LogP contribution is -2.40. The normalized spacial score (nSPS) is 13.2. The van der Waals surface area contributed by atoms with Crippen LogP contribution in [0.25, 0.3) is 0 Å². The first-order chi connectivity index (χ1) is 7.98. The average molecular weight is 279 g/mol. The number of allylic oxidation sites excluding steroid dienone is 1. The molecular weight excluding hydrogens is 272 g/mol. The lowest BCUT2D eigenvalue weighted by Gasteiger charge is -2.14. The maximum absolute atomic E-state index is 12.2. The van der Waals surface area contributed by atoms with Crippen molar-refractivity contribution in [3.8, 4) is 0 Å². The Morgan fingerprint density at radius 1 is 1.11 bits per heavy atom. The molecule has 10 heteroatoms. The molecule has 0 aromatic rings. The minimum Gasteiger partial charge on any atom is -0.463 e. The molecular formula is C8H7F6NO3. The molecule has 0 rings (SSSR count). The Morgan fingerprint density at radius 2 is 1.61 bits per heavy atom. The topological polar surface area (TPSA) is 55.4 Å². The molecule has 0 radical (unpaired) electrons. The monoisotopic (exact) mass is 279 g/mol. The van der Waals surface area contributed by atoms with Crippen molar-refractivity contribution in [2.45, 2.75) is 19.3 Å². The van der Waals surface area contributed by atoms with E-state index in [2.05, 4.69) is 4.74 Å². The number of esters is 1. The van der Waals surface area contributed by atoms with E-state index in [0.717, 1.165) is 0 Å². The van der Waals surface area contributed by atoms with Crippen molar-refractivity contribution in [3.63, 3.8) is 0 Å². The highest BCUT2D eigenvalue weighted by Crippen LogP contribution is 2.25. The fourth-order valence-electron chi connectivity index (χ4n) is 0.684. The largest absolute Gasteiger partial charge is 0.471 e. The van der Waals surface area contributed by atoms with Gasteiger partial charge in [-0.05, 0) is 6.92 Å². The number of amides is 1. The van der Waals surface area contributed by atoms with Crippen LogP contribution in [-0.2, 0) is 14.3 Å². The third-order valence-electron chi connectivity index (χ3n) is 1.36. The highest BCUT2D eigenvalue weighted by molar-refractivity contribution is 5.87. The molecule has 0 aromatic carbocycles. The lowest BCUT2D eigenvalue weighted by molar-refractivity contribution is -0.175. The van der Waals surface area contributed by atoms with E-state index in [4.69, 9.17) is 0 Å². The van der Waals surface area contributed by atoms with E-state index in [1.165, 1.54) is 6.92 Å². The number of ether oxygens (including phenoxy) is 1. The third kappa shape index (κ3) is 5.55. The Kier molecular flexibility index (Phi) is 5.18. The van der Waals surface area contributed by atoms with Gasteiger partial charge in [-0.1, -0.05) is 0 Å². The summed E-state index contributed by atoms with van der Waals surface area (Å²) < 4.78 is 76.0. The molecule has 0 atom stereocenters. The first-order valence-electron chi connectivity index (χ1n) is 4.32. The van der Waals surface area contributed by atoms with Crippen molar-refractivity contribution >= 4 is 11.9 Å². The van der Waals surface area contributed by atoms with E-state index in [1.54, 1.807) is 0 Å². The molecule has 1 N–H and O–H groups in total. The SMILES string of the molecule is CCOC(=O)C=C(NC(=O)C(F)(F)F)C(F)(F)F. The first kappa shape index (κ1) is 16.3. The summed E-state index contributed by atoms with van der Waals surface area (Å²) >= 11 is 0. The van der Waals surface area contributed by atoms with Crippen LogP contribution in [0.3, 0.4) is 0 Å². The Hall–Kier alpha value is -1.74. The van der Waals surface area contributed by atoms with Gasteiger partial charge in [0.25, 0.3) is 0 Å². The predicted molar refractivity (Wildman–Crippen MR) is 45.0 cm³/mol. The molecule has 0 bridgehead atoms. The minimum absolute atomic E-state index is 0.270. The van der Waals surface area contributed by atoms with Crippen molar-refractivity contribution in [2.75, 3.05) is 6.61 Å². The molecule has 0 fully saturated rings. The summed E-state index contributed by atoms with van der Waals surface area (Å²) in [4.78, 5) is 21.0. The van der Waals surface area contributed by atoms with Gasteiger partial charge in [0.2, 0.25) is 0 Å². The fourth-order valence-corrected chi connectivity index (χ4v) is 0.684. The Balaban J connectivity index is 5.05. The number of hydrogen-bond acceptors (Lipinski definition) is 3. The van der Waals surface area contributed by atoms with Crippen LogP contribution in [0, 0.1) is 0 Å². The molecule has 0 unspecified atom stereocenters. The summed E-state index contributed by atoms with van der Waals surface area (Å²) in [6, 6.07) is 0. The molecule has 0 spiro atoms. The number of alkyl halides is 6. The summed E-state index contributed by atoms with van der Waals surface area (Å²) in [5, 5.41) is 0.558. The minimum atomic E-state index is -5.50. The smallest absolute Gasteiger partial charge is 0.463 e. The summed E-state index contributed by atoms with van der Waals surface area (Å²) in [5.41, 5.74) is -2.15. The molecule has 1 amide bonds. The quantitative estimate of drug-likeness (QED) is 0.486. The van der Waals surface area contributed by atoms with Gasteiger partial charge >= 0.3 is 24.2 Å². The van der Waals surface area contributed by atoms with E-state index in [-0.39, 0.29) is 12.7 Å². The number of hydrogen-bond donors (Lipinski definition) is 1. The van der Waals surface area contributed by atoms with Gasteiger partial charge in [-0.15, -0.1) is 0 Å². The highest BCUT2D eigenvalue weighted by atomic mass is 19.4. The second kappa shape index (κ2) is 5.74. The summed E-state index contributed by atoms with van der Waals surface area (Å²) in [7, 11) is 0. The van der Waals surface area contributed by atoms with E-state index in [1.807, 2.05) is 0 Å². The van der Waals surface area contributed by atoms with Gasteiger partial charge in [-0.25, -0.2) is 4.79 Å². The van der Waals surface area contributed by atoms with Gasteiger partial charge in [0, 0.05) is 0 Å². The van der Waals surface area contributed by atoms with Gasteiger partial charge < -0.3 is 10.1 Å². The standard InChI is InChI=1S/C8H7F6NO3/c1-2-18-5(16)3-4(7(9,10)11)15-6(17)8(12,13)14/h3H,2H2,1H3,(H,15,17). The van der Waals surface area contributed by atoms with E-state index in [0.29, 0.717) is 5.32 Å². The van der Waals surface area contributed by atoms with E-state index < -0.39 is 29.9 Å². The third-order valence-corrected chi connectivity index (χ3v) is 1.36. The Labute approximate surface area is 96.6 Å². The molecule has 0 saturated carbocycles. The molecule has 0 aliphatic carbocycles. The molecule has 0 aliphatic rings. The molecule has 0 aromatic heterocycles. The van der Waals surface area contributed by atoms with Crippen LogP contribution in [0.2, 0.25) is 0 Å². The second-order valence-corrected chi connectivity index (χ2v) is 2.76. The van der Waals surface area contributed by atoms with Crippen molar-refractivity contribution in [3.05, 3.63) is 11.8 Å². The lowest BCUT2D eigenvalue weighted by atomic mass is 10.3. The number of carbonyl (C=O) groups is 2. The van der Waals surface area contributed by atoms with Gasteiger partial charge in [-0.2, -0.15) is 26.3 Å². The van der Waals surface area contributed by atoms with E-state index >= 15 is 0 Å². The molecule has 18 heavy (non-hydrogen) atoms. The van der Waals surface area contributed by atoms with Gasteiger partial charge in [0.05, 0.1) is 12.7 Å². The van der Waals surface area contributed by atoms with E-state index in [9.17, 15) is 35.9 Å². The van der Waals surface area contributed by atoms with Gasteiger partial charge in [0.15, 0.2) is 0 Å². The summed E-state index contributed by atoms with van der Waals surface area (Å²) in [5.74, 6) is -4.36. The van der Waals surface area contributed by atoms with Gasteiger partial charge in [-0.3, -0.25) is 4.79 Å². The van der Waals surface area contributed by atoms with Crippen molar-refractivity contribution in [1.29, 1.82) is 0 Å². The number of rotatable bonds is 3. The van der Waals surface area contributed by atoms with Crippen LogP contribution in [-0.4, -0.2) is 30.8 Å². The summed E-state index contributed by atoms with van der Waals surface area (Å²) in [6.07, 6.45) is -11.1. The zero-order chi connectivity index (χ0) is 14.6. The highest BCUT2D eigenvalue weighted by Gasteiger charge is 2.44. The Morgan fingerprint density at radius 3 is 1.94 bits per heavy atom. The summed E-state index contributed by atoms with van der Waals surface area (Å²) in [6.45, 7) is 1.01. The molecule has 0 heterocycles. The number of carbonyl (C=O) groups excluding carboxylic acids is 2. The predicted octanol–water partition coefficient (Wildman–Crippen LogP) is 1.67. The van der Waals surface area contributed by atoms with Crippen molar-refractivity contribution in [1.82, 2.24) is 5.32 Å². The maximum Gasteiger partial charge on any atom is 0.471 e. The van der Waals surface area contributed by atoms with Gasteiger partial charge in [0.1, 0.15) is 5.70 Å². The Bertz CT molecular complexity index is 357. The average Bonchev–Trinajstić information content (AvgIpc) is 2.13. The van der Waals surface area contributed by atoms with Crippen LogP contribution in [0.4, 0.5) is 26.3 Å². The molecule has 104 valence electrons. The molecule has 0 aliphatic heterocycles. The molecule has 0 saturated heterocycles. The van der Waals surface area contributed by atoms with Crippen LogP contribution in [0.15, 0.2) is 11.8 Å². The zero-order valence-corrected chi connectivity index (χ0v) is 8.78. The van der Waals surface area contributed by atoms with Crippen molar-refractivity contribution in [2.24, 2.45) is 0 Å². The fraction of sp³-hybridized carbons (Fsp3) is 0.500. The maximum atomic E-state index is 12.2. The van der Waals surface area contributed by atoms with Crippen LogP contribution < -0.4 is 5.32 Å². The molecule has 4 nitrogen and oxygen atoms in total. The van der Waals surface area contributed by atoms with Crippen LogP contribution >= 0.6 is 0 Å².